The summed E-state index contributed by atoms with van der Waals surface area (Å²) >= 11 is 7.47. The first-order valence-electron chi connectivity index (χ1n) is 45.6. The molecule has 0 unspecified atom stereocenters. The Hall–Kier alpha value is -8.71. The van der Waals surface area contributed by atoms with E-state index in [0.717, 1.165) is 75.5 Å². The summed E-state index contributed by atoms with van der Waals surface area (Å²) in [5.74, 6) is -0.904. The molecular weight excluding hydrogens is 1850 g/mol. The van der Waals surface area contributed by atoms with Gasteiger partial charge in [0.1, 0.15) is 71.7 Å². The van der Waals surface area contributed by atoms with Crippen molar-refractivity contribution in [2.24, 2.45) is 0 Å². The Morgan fingerprint density at radius 1 is 0.269 bits per heavy atom. The van der Waals surface area contributed by atoms with Crippen molar-refractivity contribution in [1.29, 1.82) is 0 Å². The Bertz CT molecular complexity index is 4850. The van der Waals surface area contributed by atoms with Crippen molar-refractivity contribution in [3.63, 3.8) is 0 Å². The fourth-order valence-corrected chi connectivity index (χ4v) is 16.9. The van der Waals surface area contributed by atoms with Crippen LogP contribution in [0.3, 0.4) is 0 Å². The van der Waals surface area contributed by atoms with E-state index in [9.17, 15) is 19.2 Å². The molecule has 134 heavy (non-hydrogen) atoms. The zero-order chi connectivity index (χ0) is 96.1. The van der Waals surface area contributed by atoms with E-state index in [1.807, 2.05) is 128 Å². The SMILES string of the molecule is CCOC(=O)c1cc(C2(c3ccc(OCCOCCOCCOC)c(C(=O)OCC)c3)c3cc(B4OC(C)(C)C(C)(C)O4)ccc3-c3ccc(B4OC(C)(C)C(C)(C)O4)cc32)ccc1OCCOCCOCCOC.CCOC(=O)c1cc(C2(c3ccc(OCCOCCOCCOC)c(C(=O)OCC)c3)c3cc(Br)ccc3-c3ccc(Br)cc32)ccc1OCCOCCOCCOC. The summed E-state index contributed by atoms with van der Waals surface area (Å²) in [6, 6.07) is 47.1. The van der Waals surface area contributed by atoms with Crippen molar-refractivity contribution < 1.29 is 133 Å². The molecule has 0 bridgehead atoms. The molecule has 0 amide bonds. The molecule has 4 aliphatic rings. The van der Waals surface area contributed by atoms with Crippen molar-refractivity contribution >= 4 is 80.9 Å². The molecule has 0 saturated carbocycles. The average molecular weight is 1980 g/mol. The quantitative estimate of drug-likeness (QED) is 0.0148. The maximum Gasteiger partial charge on any atom is 0.494 e. The number of ether oxygens (including phenoxy) is 20. The smallest absolute Gasteiger partial charge is 0.490 e. The first-order chi connectivity index (χ1) is 64.6. The van der Waals surface area contributed by atoms with E-state index >= 15 is 0 Å². The number of esters is 4. The number of benzene rings is 8. The number of carbonyl (C=O) groups is 4. The number of rotatable bonds is 54. The van der Waals surface area contributed by atoms with Gasteiger partial charge in [-0.3, -0.25) is 0 Å². The minimum Gasteiger partial charge on any atom is -0.490 e. The summed E-state index contributed by atoms with van der Waals surface area (Å²) in [7, 11) is 5.04. The molecule has 8 aromatic rings. The zero-order valence-electron chi connectivity index (χ0n) is 80.0. The lowest BCUT2D eigenvalue weighted by Gasteiger charge is -2.35. The molecule has 2 aliphatic carbocycles. The van der Waals surface area contributed by atoms with Crippen molar-refractivity contribution in [3.8, 4) is 45.3 Å². The molecule has 0 radical (unpaired) electrons. The van der Waals surface area contributed by atoms with E-state index < -0.39 is 71.3 Å². The van der Waals surface area contributed by atoms with Crippen molar-refractivity contribution in [1.82, 2.24) is 0 Å². The summed E-state index contributed by atoms with van der Waals surface area (Å²) in [6.45, 7) is 32.6. The molecule has 28 nitrogen and oxygen atoms in total. The van der Waals surface area contributed by atoms with Gasteiger partial charge in [0.25, 0.3) is 0 Å². The van der Waals surface area contributed by atoms with Gasteiger partial charge >= 0.3 is 38.1 Å². The highest BCUT2D eigenvalue weighted by atomic mass is 79.9. The molecule has 0 aromatic heterocycles. The van der Waals surface area contributed by atoms with Crippen molar-refractivity contribution in [2.45, 2.75) is 116 Å². The lowest BCUT2D eigenvalue weighted by molar-refractivity contribution is 0.00578. The molecule has 2 heterocycles. The normalized spacial score (nSPS) is 15.3. The lowest BCUT2D eigenvalue weighted by atomic mass is 9.64. The molecular formula is C102H128B2Br2O28. The van der Waals surface area contributed by atoms with E-state index in [-0.39, 0.29) is 102 Å². The van der Waals surface area contributed by atoms with Crippen LogP contribution in [-0.4, -0.2) is 274 Å². The fourth-order valence-electron chi connectivity index (χ4n) is 16.2. The van der Waals surface area contributed by atoms with Gasteiger partial charge < -0.3 is 113 Å². The van der Waals surface area contributed by atoms with Crippen molar-refractivity contribution in [3.05, 3.63) is 221 Å². The minimum atomic E-state index is -1.28. The highest BCUT2D eigenvalue weighted by molar-refractivity contribution is 9.10. The van der Waals surface area contributed by atoms with Crippen LogP contribution in [0.4, 0.5) is 0 Å². The average Bonchev–Trinajstić information content (AvgIpc) is 1.53. The maximum atomic E-state index is 14.3. The van der Waals surface area contributed by atoms with E-state index in [1.165, 1.54) is 0 Å². The zero-order valence-corrected chi connectivity index (χ0v) is 83.2. The third-order valence-corrected chi connectivity index (χ3v) is 25.1. The second-order valence-electron chi connectivity index (χ2n) is 33.7. The Balaban J connectivity index is 0.000000266. The van der Waals surface area contributed by atoms with Gasteiger partial charge in [-0.25, -0.2) is 19.2 Å². The van der Waals surface area contributed by atoms with Crippen LogP contribution < -0.4 is 29.9 Å². The van der Waals surface area contributed by atoms with Crippen molar-refractivity contribution in [2.75, 3.05) is 213 Å². The van der Waals surface area contributed by atoms with E-state index in [1.54, 1.807) is 80.4 Å². The van der Waals surface area contributed by atoms with Gasteiger partial charge in [-0.05, 0) is 234 Å². The summed E-state index contributed by atoms with van der Waals surface area (Å²) in [4.78, 5) is 56.1. The van der Waals surface area contributed by atoms with Gasteiger partial charge in [-0.1, -0.05) is 105 Å². The topological polar surface area (TPSA) is 290 Å². The highest BCUT2D eigenvalue weighted by Gasteiger charge is 2.56. The molecule has 2 fully saturated rings. The van der Waals surface area contributed by atoms with Crippen LogP contribution in [0.15, 0.2) is 155 Å². The minimum absolute atomic E-state index is 0.123. The van der Waals surface area contributed by atoms with Crippen LogP contribution in [0.5, 0.6) is 23.0 Å². The van der Waals surface area contributed by atoms with E-state index in [2.05, 4.69) is 80.4 Å². The number of methoxy groups -OCH3 is 4. The number of hydrogen-bond acceptors (Lipinski definition) is 28. The van der Waals surface area contributed by atoms with Crippen LogP contribution in [-0.2, 0) is 105 Å². The molecule has 0 spiro atoms. The maximum absolute atomic E-state index is 14.3. The van der Waals surface area contributed by atoms with Crippen LogP contribution in [0.2, 0.25) is 0 Å². The molecule has 2 aliphatic heterocycles. The van der Waals surface area contributed by atoms with Gasteiger partial charge in [0.2, 0.25) is 0 Å². The predicted octanol–water partition coefficient (Wildman–Crippen LogP) is 15.2. The van der Waals surface area contributed by atoms with Gasteiger partial charge in [-0.2, -0.15) is 0 Å². The van der Waals surface area contributed by atoms with Gasteiger partial charge in [0.05, 0.1) is 192 Å². The van der Waals surface area contributed by atoms with Gasteiger partial charge in [0.15, 0.2) is 0 Å². The van der Waals surface area contributed by atoms with E-state index in [0.29, 0.717) is 140 Å². The second-order valence-corrected chi connectivity index (χ2v) is 35.5. The fraction of sp³-hybridized carbons (Fsp3) is 0.490. The number of carbonyl (C=O) groups excluding carboxylic acids is 4. The molecule has 0 atom stereocenters. The molecule has 32 heteroatoms. The number of halogens is 2. The molecule has 8 aromatic carbocycles. The lowest BCUT2D eigenvalue weighted by Crippen LogP contribution is -2.41. The standard InChI is InChI=1S/C57H76B2O16.C45H52Br2O12/c1-13-68-51(60)45-35-39(15-21-49(45)70-33-31-66-29-27-64-25-23-62-11)57(40-16-22-50(46(36-40)52(61)69-14-2)71-34-32-67-30-28-65-26-24-63-12)47-37-41(58-72-53(3,4)54(5,6)73-58)17-19-43(47)44-20-18-42(38-48(44)57)59-74-55(7,8)56(9,10)75-59;1-5-56-43(48)37-27-31(7-13-41(37)58-25-23-54-21-19-52-17-15-50-3)45(39-29-33(46)9-11-35(39)36-12-10-34(47)30-40(36)45)32-8-14-42(38(28-32)44(49)57-6-2)59-26-24-55-22-20-53-18-16-51-4/h15-22,35-38H,13-14,23-34H2,1-12H3;7-14,27-30H,5-6,15-26H2,1-4H3. The Kier molecular flexibility index (Phi) is 39.9. The third kappa shape index (κ3) is 25.4. The molecule has 724 valence electrons. The van der Waals surface area contributed by atoms with Crippen LogP contribution >= 0.6 is 31.9 Å². The Morgan fingerprint density at radius 3 is 0.701 bits per heavy atom. The summed E-state index contributed by atoms with van der Waals surface area (Å²) in [5, 5.41) is 0. The second kappa shape index (κ2) is 50.6. The Morgan fingerprint density at radius 2 is 0.478 bits per heavy atom. The third-order valence-electron chi connectivity index (χ3n) is 24.1. The van der Waals surface area contributed by atoms with E-state index in [4.69, 9.17) is 113 Å². The Labute approximate surface area is 804 Å². The number of fused-ring (bicyclic) bond motifs is 6. The largest absolute Gasteiger partial charge is 0.494 e. The van der Waals surface area contributed by atoms with Crippen LogP contribution in [0.1, 0.15) is 169 Å². The van der Waals surface area contributed by atoms with Gasteiger partial charge in [0, 0.05) is 37.4 Å². The molecule has 12 rings (SSSR count). The predicted molar refractivity (Wildman–Crippen MR) is 514 cm³/mol. The van der Waals surface area contributed by atoms with Crippen LogP contribution in [0, 0.1) is 0 Å². The molecule has 0 N–H and O–H groups in total. The number of hydrogen-bond donors (Lipinski definition) is 0. The van der Waals surface area contributed by atoms with Gasteiger partial charge in [-0.15, -0.1) is 0 Å². The summed E-state index contributed by atoms with van der Waals surface area (Å²) in [5.41, 5.74) is 7.82. The van der Waals surface area contributed by atoms with Crippen LogP contribution in [0.25, 0.3) is 22.3 Å². The summed E-state index contributed by atoms with van der Waals surface area (Å²) in [6.07, 6.45) is 0. The monoisotopic (exact) mass is 1980 g/mol. The molecule has 2 saturated heterocycles. The summed E-state index contributed by atoms with van der Waals surface area (Å²) < 4.78 is 141. The first kappa shape index (κ1) is 106. The highest BCUT2D eigenvalue weighted by Crippen LogP contribution is 2.60. The first-order valence-corrected chi connectivity index (χ1v) is 47.2.